The van der Waals surface area contributed by atoms with Gasteiger partial charge in [-0.05, 0) is 24.6 Å². The Morgan fingerprint density at radius 3 is 2.67 bits per heavy atom. The molecule has 3 heterocycles. The Balaban J connectivity index is 1.90. The van der Waals surface area contributed by atoms with Crippen molar-refractivity contribution in [2.45, 2.75) is 25.7 Å². The first-order chi connectivity index (χ1) is 17.1. The van der Waals surface area contributed by atoms with Gasteiger partial charge in [0.1, 0.15) is 23.6 Å². The number of amides is 1. The van der Waals surface area contributed by atoms with Gasteiger partial charge in [0.25, 0.3) is 11.5 Å². The topological polar surface area (TPSA) is 152 Å². The van der Waals surface area contributed by atoms with Gasteiger partial charge >= 0.3 is 0 Å². The maximum absolute atomic E-state index is 14.0. The van der Waals surface area contributed by atoms with Crippen LogP contribution in [0.5, 0.6) is 5.75 Å². The number of nitriles is 1. The lowest BCUT2D eigenvalue weighted by atomic mass is 9.79. The van der Waals surface area contributed by atoms with Gasteiger partial charge < -0.3 is 14.9 Å². The summed E-state index contributed by atoms with van der Waals surface area (Å²) in [5, 5.41) is 30.5. The van der Waals surface area contributed by atoms with E-state index in [1.807, 2.05) is 6.07 Å². The molecular weight excluding hydrogens is 469 g/mol. The van der Waals surface area contributed by atoms with Crippen LogP contribution in [0.3, 0.4) is 0 Å². The van der Waals surface area contributed by atoms with E-state index in [9.17, 15) is 24.3 Å². The molecular formula is C24H22FN7O4. The molecule has 2 atom stereocenters. The largest absolute Gasteiger partial charge is 0.501 e. The standard InChI is InChI=1S/C24H22FN7O4/c1-12(19(18-10-31(3)30-13(18)2)17-6-5-15(25)7-14(17)8-26)22-29-20(21(33)24(35)32(22)4)23(34)28-16-9-27-36-11-16/h5-7,9-12,19,33H,1-4H3,(H,28,34)/t12-,19-/m0/s1. The number of carbonyl (C=O) groups is 1. The molecule has 0 radical (unpaired) electrons. The maximum Gasteiger partial charge on any atom is 0.296 e. The highest BCUT2D eigenvalue weighted by molar-refractivity contribution is 6.04. The normalized spacial score (nSPS) is 12.7. The van der Waals surface area contributed by atoms with Gasteiger partial charge in [-0.1, -0.05) is 18.1 Å². The van der Waals surface area contributed by atoms with Crippen molar-refractivity contribution >= 4 is 11.6 Å². The smallest absolute Gasteiger partial charge is 0.296 e. The van der Waals surface area contributed by atoms with E-state index in [4.69, 9.17) is 0 Å². The summed E-state index contributed by atoms with van der Waals surface area (Å²) in [6.07, 6.45) is 4.20. The number of aryl methyl sites for hydroxylation is 2. The highest BCUT2D eigenvalue weighted by Crippen LogP contribution is 2.40. The van der Waals surface area contributed by atoms with Gasteiger partial charge in [-0.3, -0.25) is 18.8 Å². The summed E-state index contributed by atoms with van der Waals surface area (Å²) < 4.78 is 21.4. The number of halogens is 1. The molecule has 0 saturated heterocycles. The summed E-state index contributed by atoms with van der Waals surface area (Å²) >= 11 is 0. The maximum atomic E-state index is 14.0. The highest BCUT2D eigenvalue weighted by Gasteiger charge is 2.32. The fraction of sp³-hybridized carbons (Fsp3) is 0.250. The minimum absolute atomic E-state index is 0.115. The van der Waals surface area contributed by atoms with Gasteiger partial charge in [0.2, 0.25) is 5.75 Å². The number of nitrogens with one attached hydrogen (secondary N) is 1. The SMILES string of the molecule is Cc1nn(C)cc1[C@H](c1ccc(F)cc1C#N)[C@H](C)c1nc(C(=O)Nc2cnoc2)c(O)c(=O)n1C. The minimum atomic E-state index is -0.838. The van der Waals surface area contributed by atoms with Crippen molar-refractivity contribution in [2.75, 3.05) is 5.32 Å². The van der Waals surface area contributed by atoms with E-state index in [-0.39, 0.29) is 17.1 Å². The Kier molecular flexibility index (Phi) is 6.39. The van der Waals surface area contributed by atoms with E-state index < -0.39 is 40.6 Å². The molecule has 0 saturated carbocycles. The minimum Gasteiger partial charge on any atom is -0.501 e. The number of anilines is 1. The lowest BCUT2D eigenvalue weighted by Gasteiger charge is -2.26. The third-order valence-corrected chi connectivity index (χ3v) is 5.97. The van der Waals surface area contributed by atoms with Crippen molar-refractivity contribution in [1.29, 1.82) is 5.26 Å². The molecule has 1 amide bonds. The van der Waals surface area contributed by atoms with Crippen LogP contribution in [0.1, 0.15) is 57.5 Å². The van der Waals surface area contributed by atoms with Gasteiger partial charge in [-0.15, -0.1) is 0 Å². The van der Waals surface area contributed by atoms with Gasteiger partial charge in [0, 0.05) is 37.7 Å². The molecule has 2 N–H and O–H groups in total. The third kappa shape index (κ3) is 4.34. The second-order valence-electron chi connectivity index (χ2n) is 8.35. The molecule has 0 aliphatic heterocycles. The number of aromatic hydroxyl groups is 1. The zero-order valence-corrected chi connectivity index (χ0v) is 19.9. The number of rotatable bonds is 6. The molecule has 4 aromatic rings. The summed E-state index contributed by atoms with van der Waals surface area (Å²) in [6.45, 7) is 3.56. The molecule has 1 aromatic carbocycles. The lowest BCUT2D eigenvalue weighted by Crippen LogP contribution is -2.29. The quantitative estimate of drug-likeness (QED) is 0.418. The molecule has 0 aliphatic rings. The molecule has 12 heteroatoms. The molecule has 36 heavy (non-hydrogen) atoms. The van der Waals surface area contributed by atoms with E-state index in [0.29, 0.717) is 11.3 Å². The van der Waals surface area contributed by atoms with E-state index in [1.165, 1.54) is 31.6 Å². The van der Waals surface area contributed by atoms with Crippen LogP contribution in [0, 0.1) is 24.1 Å². The average Bonchev–Trinajstić information content (AvgIpc) is 3.47. The zero-order chi connectivity index (χ0) is 26.1. The summed E-state index contributed by atoms with van der Waals surface area (Å²) in [7, 11) is 3.17. The van der Waals surface area contributed by atoms with Gasteiger partial charge in [-0.2, -0.15) is 10.4 Å². The zero-order valence-electron chi connectivity index (χ0n) is 19.9. The molecule has 184 valence electrons. The Morgan fingerprint density at radius 1 is 1.31 bits per heavy atom. The second-order valence-corrected chi connectivity index (χ2v) is 8.35. The predicted molar refractivity (Wildman–Crippen MR) is 125 cm³/mol. The van der Waals surface area contributed by atoms with Crippen LogP contribution >= 0.6 is 0 Å². The van der Waals surface area contributed by atoms with E-state index >= 15 is 0 Å². The third-order valence-electron chi connectivity index (χ3n) is 5.97. The first-order valence-corrected chi connectivity index (χ1v) is 10.8. The molecule has 0 unspecified atom stereocenters. The fourth-order valence-electron chi connectivity index (χ4n) is 4.30. The summed E-state index contributed by atoms with van der Waals surface area (Å²) in [6, 6.07) is 5.94. The van der Waals surface area contributed by atoms with Crippen molar-refractivity contribution in [3.05, 3.63) is 86.9 Å². The number of benzene rings is 1. The molecule has 0 bridgehead atoms. The summed E-state index contributed by atoms with van der Waals surface area (Å²) in [4.78, 5) is 30.1. The van der Waals surface area contributed by atoms with E-state index in [2.05, 4.69) is 25.1 Å². The molecule has 11 nitrogen and oxygen atoms in total. The Labute approximate surface area is 204 Å². The van der Waals surface area contributed by atoms with Crippen LogP contribution in [-0.4, -0.2) is 35.5 Å². The predicted octanol–water partition coefficient (Wildman–Crippen LogP) is 2.71. The average molecular weight is 491 g/mol. The van der Waals surface area contributed by atoms with Crippen LogP contribution in [0.15, 0.2) is 46.2 Å². The first kappa shape index (κ1) is 24.3. The Hall–Kier alpha value is -4.79. The van der Waals surface area contributed by atoms with Gasteiger partial charge in [-0.25, -0.2) is 9.37 Å². The molecule has 0 fully saturated rings. The van der Waals surface area contributed by atoms with Crippen molar-refractivity contribution in [3.63, 3.8) is 0 Å². The second kappa shape index (κ2) is 9.46. The molecule has 0 aliphatic carbocycles. The summed E-state index contributed by atoms with van der Waals surface area (Å²) in [5.41, 5.74) is 0.906. The molecule has 3 aromatic heterocycles. The lowest BCUT2D eigenvalue weighted by molar-refractivity contribution is 0.101. The van der Waals surface area contributed by atoms with E-state index in [0.717, 1.165) is 16.2 Å². The monoisotopic (exact) mass is 491 g/mol. The van der Waals surface area contributed by atoms with Crippen LogP contribution in [0.25, 0.3) is 0 Å². The summed E-state index contributed by atoms with van der Waals surface area (Å²) in [5.74, 6) is -3.27. The Morgan fingerprint density at radius 2 is 2.06 bits per heavy atom. The van der Waals surface area contributed by atoms with E-state index in [1.54, 1.807) is 31.8 Å². The van der Waals surface area contributed by atoms with Crippen LogP contribution in [0.4, 0.5) is 10.1 Å². The van der Waals surface area contributed by atoms with Gasteiger partial charge in [0.05, 0.1) is 23.5 Å². The number of hydrogen-bond acceptors (Lipinski definition) is 8. The fourth-order valence-corrected chi connectivity index (χ4v) is 4.30. The number of nitrogens with zero attached hydrogens (tertiary/aromatic N) is 6. The highest BCUT2D eigenvalue weighted by atomic mass is 19.1. The molecule has 4 rings (SSSR count). The molecule has 0 spiro atoms. The van der Waals surface area contributed by atoms with Crippen molar-refractivity contribution in [3.8, 4) is 11.8 Å². The van der Waals surface area contributed by atoms with Crippen molar-refractivity contribution < 1.29 is 18.8 Å². The van der Waals surface area contributed by atoms with Crippen LogP contribution in [0.2, 0.25) is 0 Å². The number of hydrogen-bond donors (Lipinski definition) is 2. The van der Waals surface area contributed by atoms with Crippen molar-refractivity contribution in [2.24, 2.45) is 14.1 Å². The van der Waals surface area contributed by atoms with Crippen LogP contribution in [-0.2, 0) is 14.1 Å². The van der Waals surface area contributed by atoms with Gasteiger partial charge in [0.15, 0.2) is 5.69 Å². The van der Waals surface area contributed by atoms with Crippen LogP contribution < -0.4 is 10.9 Å². The number of carbonyl (C=O) groups excluding carboxylic acids is 1. The first-order valence-electron chi connectivity index (χ1n) is 10.8. The van der Waals surface area contributed by atoms with Crippen molar-refractivity contribution in [1.82, 2.24) is 24.5 Å². The Bertz CT molecular complexity index is 1550. The number of aromatic nitrogens is 5.